The number of methoxy groups -OCH3 is 1. The summed E-state index contributed by atoms with van der Waals surface area (Å²) >= 11 is 0. The minimum Gasteiger partial charge on any atom is -0.469 e. The Bertz CT molecular complexity index is 389. The summed E-state index contributed by atoms with van der Waals surface area (Å²) in [5.74, 6) is 0.145. The average Bonchev–Trinajstić information content (AvgIpc) is 2.62. The van der Waals surface area contributed by atoms with Gasteiger partial charge in [-0.25, -0.2) is 0 Å². The molecule has 0 amide bonds. The molecule has 0 saturated carbocycles. The number of carbonyl (C=O) groups is 1. The highest BCUT2D eigenvalue weighted by Gasteiger charge is 2.29. The van der Waals surface area contributed by atoms with Crippen LogP contribution in [-0.2, 0) is 16.0 Å². The second-order valence-electron chi connectivity index (χ2n) is 4.29. The predicted molar refractivity (Wildman–Crippen MR) is 62.1 cm³/mol. The van der Waals surface area contributed by atoms with Gasteiger partial charge >= 0.3 is 5.97 Å². The third kappa shape index (κ3) is 2.09. The van der Waals surface area contributed by atoms with E-state index < -0.39 is 0 Å². The van der Waals surface area contributed by atoms with Gasteiger partial charge in [0.15, 0.2) is 0 Å². The molecule has 1 aromatic rings. The highest BCUT2D eigenvalue weighted by molar-refractivity contribution is 5.69. The molecular formula is C13H17NO2. The number of esters is 1. The number of benzene rings is 1. The van der Waals surface area contributed by atoms with Gasteiger partial charge < -0.3 is 10.5 Å². The lowest BCUT2D eigenvalue weighted by atomic mass is 9.94. The molecular weight excluding hydrogens is 202 g/mol. The summed E-state index contributed by atoms with van der Waals surface area (Å²) in [6.07, 6.45) is 2.15. The van der Waals surface area contributed by atoms with Crippen molar-refractivity contribution in [3.63, 3.8) is 0 Å². The van der Waals surface area contributed by atoms with Gasteiger partial charge in [0, 0.05) is 18.4 Å². The summed E-state index contributed by atoms with van der Waals surface area (Å²) in [7, 11) is 1.42. The van der Waals surface area contributed by atoms with Crippen LogP contribution in [0.4, 0.5) is 0 Å². The van der Waals surface area contributed by atoms with Gasteiger partial charge in [-0.3, -0.25) is 4.79 Å². The summed E-state index contributed by atoms with van der Waals surface area (Å²) in [6, 6.07) is 8.44. The number of ether oxygens (including phenoxy) is 1. The topological polar surface area (TPSA) is 52.3 Å². The molecule has 0 radical (unpaired) electrons. The lowest BCUT2D eigenvalue weighted by Gasteiger charge is -2.15. The van der Waals surface area contributed by atoms with E-state index in [1.807, 2.05) is 12.1 Å². The quantitative estimate of drug-likeness (QED) is 0.786. The van der Waals surface area contributed by atoms with Crippen LogP contribution >= 0.6 is 0 Å². The minimum absolute atomic E-state index is 0.141. The Kier molecular flexibility index (Phi) is 3.25. The summed E-state index contributed by atoms with van der Waals surface area (Å²) < 4.78 is 4.65. The van der Waals surface area contributed by atoms with Crippen molar-refractivity contribution >= 4 is 5.97 Å². The largest absolute Gasteiger partial charge is 0.469 e. The maximum atomic E-state index is 11.1. The summed E-state index contributed by atoms with van der Waals surface area (Å²) in [5, 5.41) is 0. The maximum Gasteiger partial charge on any atom is 0.305 e. The monoisotopic (exact) mass is 219 g/mol. The SMILES string of the molecule is COC(=O)CCC1c2ccccc2CC1N. The smallest absolute Gasteiger partial charge is 0.305 e. The van der Waals surface area contributed by atoms with Gasteiger partial charge in [-0.1, -0.05) is 24.3 Å². The van der Waals surface area contributed by atoms with Crippen LogP contribution in [0.25, 0.3) is 0 Å². The van der Waals surface area contributed by atoms with Crippen LogP contribution in [0.1, 0.15) is 29.9 Å². The molecule has 3 nitrogen and oxygen atoms in total. The molecule has 2 unspecified atom stereocenters. The Balaban J connectivity index is 2.07. The Morgan fingerprint density at radius 2 is 2.25 bits per heavy atom. The van der Waals surface area contributed by atoms with Gasteiger partial charge in [-0.15, -0.1) is 0 Å². The average molecular weight is 219 g/mol. The lowest BCUT2D eigenvalue weighted by molar-refractivity contribution is -0.140. The van der Waals surface area contributed by atoms with Crippen LogP contribution in [0.3, 0.4) is 0 Å². The zero-order valence-electron chi connectivity index (χ0n) is 9.48. The zero-order chi connectivity index (χ0) is 11.5. The number of rotatable bonds is 3. The maximum absolute atomic E-state index is 11.1. The second-order valence-corrected chi connectivity index (χ2v) is 4.29. The number of fused-ring (bicyclic) bond motifs is 1. The normalized spacial score (nSPS) is 22.9. The molecule has 0 heterocycles. The van der Waals surface area contributed by atoms with Gasteiger partial charge in [0.1, 0.15) is 0 Å². The van der Waals surface area contributed by atoms with E-state index in [1.54, 1.807) is 0 Å². The van der Waals surface area contributed by atoms with Crippen molar-refractivity contribution in [2.75, 3.05) is 7.11 Å². The van der Waals surface area contributed by atoms with E-state index in [0.717, 1.165) is 12.8 Å². The molecule has 86 valence electrons. The number of carbonyl (C=O) groups excluding carboxylic acids is 1. The zero-order valence-corrected chi connectivity index (χ0v) is 9.48. The Hall–Kier alpha value is -1.35. The molecule has 0 spiro atoms. The van der Waals surface area contributed by atoms with Crippen LogP contribution in [0.15, 0.2) is 24.3 Å². The molecule has 0 aromatic heterocycles. The first-order chi connectivity index (χ1) is 7.72. The molecule has 2 atom stereocenters. The molecule has 0 saturated heterocycles. The Morgan fingerprint density at radius 1 is 1.50 bits per heavy atom. The number of hydrogen-bond donors (Lipinski definition) is 1. The fraction of sp³-hybridized carbons (Fsp3) is 0.462. The van der Waals surface area contributed by atoms with Crippen LogP contribution in [0, 0.1) is 0 Å². The van der Waals surface area contributed by atoms with Crippen LogP contribution < -0.4 is 5.73 Å². The summed E-state index contributed by atoms with van der Waals surface area (Å²) in [6.45, 7) is 0. The molecule has 1 aromatic carbocycles. The Labute approximate surface area is 95.6 Å². The van der Waals surface area contributed by atoms with Crippen LogP contribution in [-0.4, -0.2) is 19.1 Å². The van der Waals surface area contributed by atoms with Gasteiger partial charge in [0.25, 0.3) is 0 Å². The van der Waals surface area contributed by atoms with Crippen molar-refractivity contribution in [1.29, 1.82) is 0 Å². The highest BCUT2D eigenvalue weighted by atomic mass is 16.5. The first-order valence-corrected chi connectivity index (χ1v) is 5.62. The van der Waals surface area contributed by atoms with Gasteiger partial charge in [0.05, 0.1) is 7.11 Å². The second kappa shape index (κ2) is 4.66. The molecule has 2 N–H and O–H groups in total. The number of nitrogens with two attached hydrogens (primary N) is 1. The molecule has 0 aliphatic heterocycles. The van der Waals surface area contributed by atoms with Crippen molar-refractivity contribution in [2.24, 2.45) is 5.73 Å². The Morgan fingerprint density at radius 3 is 3.00 bits per heavy atom. The van der Waals surface area contributed by atoms with Crippen LogP contribution in [0.2, 0.25) is 0 Å². The van der Waals surface area contributed by atoms with E-state index in [4.69, 9.17) is 5.73 Å². The molecule has 1 aliphatic carbocycles. The molecule has 16 heavy (non-hydrogen) atoms. The molecule has 1 aliphatic rings. The molecule has 0 bridgehead atoms. The van der Waals surface area contributed by atoms with E-state index in [1.165, 1.54) is 18.2 Å². The third-order valence-electron chi connectivity index (χ3n) is 3.31. The van der Waals surface area contributed by atoms with E-state index >= 15 is 0 Å². The van der Waals surface area contributed by atoms with Crippen molar-refractivity contribution in [2.45, 2.75) is 31.2 Å². The molecule has 0 fully saturated rings. The van der Waals surface area contributed by atoms with Gasteiger partial charge in [-0.05, 0) is 24.0 Å². The molecule has 3 heteroatoms. The lowest BCUT2D eigenvalue weighted by Crippen LogP contribution is -2.25. The fourth-order valence-corrected chi connectivity index (χ4v) is 2.45. The van der Waals surface area contributed by atoms with E-state index in [9.17, 15) is 4.79 Å². The van der Waals surface area contributed by atoms with Crippen molar-refractivity contribution in [1.82, 2.24) is 0 Å². The molecule has 2 rings (SSSR count). The van der Waals surface area contributed by atoms with E-state index in [-0.39, 0.29) is 12.0 Å². The minimum atomic E-state index is -0.156. The highest BCUT2D eigenvalue weighted by Crippen LogP contribution is 2.35. The number of hydrogen-bond acceptors (Lipinski definition) is 3. The van der Waals surface area contributed by atoms with Crippen molar-refractivity contribution in [3.8, 4) is 0 Å². The summed E-state index contributed by atoms with van der Waals surface area (Å²) in [5.41, 5.74) is 8.73. The van der Waals surface area contributed by atoms with Crippen molar-refractivity contribution in [3.05, 3.63) is 35.4 Å². The first-order valence-electron chi connectivity index (χ1n) is 5.62. The first kappa shape index (κ1) is 11.1. The van der Waals surface area contributed by atoms with Crippen LogP contribution in [0.5, 0.6) is 0 Å². The predicted octanol–water partition coefficient (Wildman–Crippen LogP) is 1.61. The third-order valence-corrected chi connectivity index (χ3v) is 3.31. The van der Waals surface area contributed by atoms with E-state index in [2.05, 4.69) is 16.9 Å². The van der Waals surface area contributed by atoms with Gasteiger partial charge in [0.2, 0.25) is 0 Å². The fourth-order valence-electron chi connectivity index (χ4n) is 2.45. The summed E-state index contributed by atoms with van der Waals surface area (Å²) in [4.78, 5) is 11.1. The van der Waals surface area contributed by atoms with Crippen molar-refractivity contribution < 1.29 is 9.53 Å². The van der Waals surface area contributed by atoms with Gasteiger partial charge in [-0.2, -0.15) is 0 Å². The standard InChI is InChI=1S/C13H17NO2/c1-16-13(15)7-6-11-10-5-3-2-4-9(10)8-12(11)14/h2-5,11-12H,6-8,14H2,1H3. The van der Waals surface area contributed by atoms with E-state index in [0.29, 0.717) is 12.3 Å².